The molecule has 1 fully saturated rings. The number of nitrogens with zero attached hydrogens (tertiary/aromatic N) is 3. The molecule has 2 aromatic heterocycles. The van der Waals surface area contributed by atoms with Gasteiger partial charge >= 0.3 is 12.4 Å². The third-order valence-electron chi connectivity index (χ3n) is 7.34. The molecule has 3 aliphatic rings. The molecule has 15 heteroatoms. The zero-order chi connectivity index (χ0) is 31.2. The molecule has 0 spiro atoms. The summed E-state index contributed by atoms with van der Waals surface area (Å²) in [6, 6.07) is 6.18. The molecule has 0 saturated heterocycles. The van der Waals surface area contributed by atoms with Gasteiger partial charge in [-0.25, -0.2) is 8.42 Å². The van der Waals surface area contributed by atoms with Crippen molar-refractivity contribution < 1.29 is 44.3 Å². The number of carbonyl (C=O) groups is 1. The number of carbonyl (C=O) groups excluding carboxylic acids is 1. The van der Waals surface area contributed by atoms with Gasteiger partial charge in [-0.3, -0.25) is 14.8 Å². The third kappa shape index (κ3) is 6.93. The van der Waals surface area contributed by atoms with Crippen molar-refractivity contribution in [2.75, 3.05) is 6.26 Å². The molecule has 43 heavy (non-hydrogen) atoms. The molecule has 2 aliphatic heterocycles. The molecule has 0 atom stereocenters. The highest BCUT2D eigenvalue weighted by Crippen LogP contribution is 2.35. The standard InChI is InChI=1S/C20H19F3N2O4S.C8H7F3N2/c1-30(27,28)15-5-6-17(29-14-3-2-4-14)16(8-15)19(26)25-10-12-7-18(20(21,22)23)24-9-13(12)11-25;9-8(10,11)7-1-5-2-12-3-6(5)4-13-7/h5-9,14H,2-4,10-11H2,1H3;1,4,12H,2-3H2. The topological polar surface area (TPSA) is 101 Å². The van der Waals surface area contributed by atoms with E-state index in [9.17, 15) is 39.6 Å². The number of halogens is 6. The number of hydrogen-bond acceptors (Lipinski definition) is 7. The van der Waals surface area contributed by atoms with Crippen molar-refractivity contribution in [3.05, 3.63) is 81.9 Å². The zero-order valence-electron chi connectivity index (χ0n) is 22.7. The Labute approximate surface area is 243 Å². The molecule has 1 N–H and O–H groups in total. The number of aromatic nitrogens is 2. The number of benzene rings is 1. The van der Waals surface area contributed by atoms with Gasteiger partial charge in [0, 0.05) is 44.8 Å². The second kappa shape index (κ2) is 11.4. The summed E-state index contributed by atoms with van der Waals surface area (Å²) < 4.78 is 105. The van der Waals surface area contributed by atoms with Gasteiger partial charge in [0.25, 0.3) is 5.91 Å². The van der Waals surface area contributed by atoms with Crippen LogP contribution < -0.4 is 10.1 Å². The molecule has 1 aromatic carbocycles. The molecule has 6 rings (SSSR count). The van der Waals surface area contributed by atoms with Crippen LogP contribution in [-0.2, 0) is 48.4 Å². The summed E-state index contributed by atoms with van der Waals surface area (Å²) in [6.45, 7) is 1.18. The van der Waals surface area contributed by atoms with Gasteiger partial charge in [-0.2, -0.15) is 26.3 Å². The van der Waals surface area contributed by atoms with E-state index in [1.54, 1.807) is 0 Å². The first-order chi connectivity index (χ1) is 20.1. The number of pyridine rings is 2. The lowest BCUT2D eigenvalue weighted by Gasteiger charge is -2.28. The van der Waals surface area contributed by atoms with Gasteiger partial charge in [-0.15, -0.1) is 0 Å². The lowest BCUT2D eigenvalue weighted by Crippen LogP contribution is -2.29. The predicted molar refractivity (Wildman–Crippen MR) is 140 cm³/mol. The molecule has 1 amide bonds. The zero-order valence-corrected chi connectivity index (χ0v) is 23.5. The first-order valence-electron chi connectivity index (χ1n) is 13.2. The van der Waals surface area contributed by atoms with Crippen LogP contribution in [0.25, 0.3) is 0 Å². The summed E-state index contributed by atoms with van der Waals surface area (Å²) in [4.78, 5) is 21.3. The summed E-state index contributed by atoms with van der Waals surface area (Å²) in [5.41, 5.74) is 0.707. The van der Waals surface area contributed by atoms with Gasteiger partial charge in [0.1, 0.15) is 17.1 Å². The first-order valence-corrected chi connectivity index (χ1v) is 15.1. The normalized spacial score (nSPS) is 16.6. The Bertz CT molecular complexity index is 1660. The highest BCUT2D eigenvalue weighted by atomic mass is 32.2. The Morgan fingerprint density at radius 3 is 2.05 bits per heavy atom. The molecule has 230 valence electrons. The SMILES string of the molecule is CS(=O)(=O)c1ccc(OC2CCC2)c(C(=O)N2Cc3cnc(C(F)(F)F)cc3C2)c1.FC(F)(F)c1cc2c(cn1)CNC2. The van der Waals surface area contributed by atoms with Gasteiger partial charge in [0.15, 0.2) is 9.84 Å². The minimum atomic E-state index is -4.57. The van der Waals surface area contributed by atoms with E-state index in [0.29, 0.717) is 29.8 Å². The van der Waals surface area contributed by atoms with E-state index in [1.165, 1.54) is 29.3 Å². The van der Waals surface area contributed by atoms with E-state index >= 15 is 0 Å². The van der Waals surface area contributed by atoms with E-state index < -0.39 is 39.5 Å². The number of rotatable bonds is 4. The molecule has 0 unspecified atom stereocenters. The monoisotopic (exact) mass is 628 g/mol. The summed E-state index contributed by atoms with van der Waals surface area (Å²) in [5.74, 6) is -0.221. The Morgan fingerprint density at radius 2 is 1.47 bits per heavy atom. The van der Waals surface area contributed by atoms with Crippen molar-refractivity contribution in [3.8, 4) is 5.75 Å². The van der Waals surface area contributed by atoms with Crippen molar-refractivity contribution in [3.63, 3.8) is 0 Å². The van der Waals surface area contributed by atoms with Crippen molar-refractivity contribution in [2.24, 2.45) is 0 Å². The number of hydrogen-bond donors (Lipinski definition) is 1. The predicted octanol–water partition coefficient (Wildman–Crippen LogP) is 5.29. The van der Waals surface area contributed by atoms with Gasteiger partial charge < -0.3 is 15.0 Å². The van der Waals surface area contributed by atoms with Crippen molar-refractivity contribution in [1.82, 2.24) is 20.2 Å². The molecule has 1 aliphatic carbocycles. The summed E-state index contributed by atoms with van der Waals surface area (Å²) in [7, 11) is -3.56. The van der Waals surface area contributed by atoms with Crippen molar-refractivity contribution >= 4 is 15.7 Å². The largest absolute Gasteiger partial charge is 0.490 e. The quantitative estimate of drug-likeness (QED) is 0.392. The summed E-state index contributed by atoms with van der Waals surface area (Å²) >= 11 is 0. The van der Waals surface area contributed by atoms with Gasteiger partial charge in [-0.05, 0) is 71.8 Å². The van der Waals surface area contributed by atoms with E-state index in [1.807, 2.05) is 0 Å². The fraction of sp³-hybridized carbons (Fsp3) is 0.393. The van der Waals surface area contributed by atoms with Crippen LogP contribution in [0.4, 0.5) is 26.3 Å². The fourth-order valence-corrected chi connectivity index (χ4v) is 5.41. The van der Waals surface area contributed by atoms with Crippen LogP contribution in [-0.4, -0.2) is 41.6 Å². The van der Waals surface area contributed by atoms with Crippen LogP contribution in [0.3, 0.4) is 0 Å². The fourth-order valence-electron chi connectivity index (χ4n) is 4.76. The van der Waals surface area contributed by atoms with Crippen LogP contribution in [0, 0.1) is 0 Å². The molecule has 0 radical (unpaired) electrons. The number of fused-ring (bicyclic) bond motifs is 2. The van der Waals surface area contributed by atoms with E-state index in [4.69, 9.17) is 4.74 Å². The average Bonchev–Trinajstić information content (AvgIpc) is 3.55. The highest BCUT2D eigenvalue weighted by molar-refractivity contribution is 7.90. The molecular formula is C28H26F6N4O4S. The maximum absolute atomic E-state index is 13.2. The lowest BCUT2D eigenvalue weighted by atomic mass is 9.96. The number of sulfone groups is 1. The smallest absolute Gasteiger partial charge is 0.433 e. The molecule has 4 heterocycles. The van der Waals surface area contributed by atoms with Crippen molar-refractivity contribution in [1.29, 1.82) is 0 Å². The Hall–Kier alpha value is -3.72. The van der Waals surface area contributed by atoms with Gasteiger partial charge in [0.2, 0.25) is 0 Å². The molecule has 8 nitrogen and oxygen atoms in total. The van der Waals surface area contributed by atoms with Crippen LogP contribution in [0.1, 0.15) is 63.3 Å². The van der Waals surface area contributed by atoms with E-state index in [0.717, 1.165) is 49.4 Å². The summed E-state index contributed by atoms with van der Waals surface area (Å²) in [5, 5.41) is 2.96. The molecule has 1 saturated carbocycles. The number of ether oxygens (including phenoxy) is 1. The van der Waals surface area contributed by atoms with E-state index in [-0.39, 0.29) is 35.4 Å². The summed E-state index contributed by atoms with van der Waals surface area (Å²) in [6.07, 6.45) is -2.76. The molecule has 0 bridgehead atoms. The second-order valence-electron chi connectivity index (χ2n) is 10.5. The molecular weight excluding hydrogens is 602 g/mol. The van der Waals surface area contributed by atoms with Crippen LogP contribution in [0.5, 0.6) is 5.75 Å². The minimum Gasteiger partial charge on any atom is -0.490 e. The lowest BCUT2D eigenvalue weighted by molar-refractivity contribution is -0.142. The van der Waals surface area contributed by atoms with Crippen LogP contribution in [0.15, 0.2) is 47.6 Å². The maximum Gasteiger partial charge on any atom is 0.433 e. The van der Waals surface area contributed by atoms with Crippen molar-refractivity contribution in [2.45, 2.75) is 68.8 Å². The Morgan fingerprint density at radius 1 is 0.884 bits per heavy atom. The van der Waals surface area contributed by atoms with Gasteiger partial charge in [-0.1, -0.05) is 0 Å². The van der Waals surface area contributed by atoms with E-state index in [2.05, 4.69) is 15.3 Å². The third-order valence-corrected chi connectivity index (χ3v) is 8.45. The highest BCUT2D eigenvalue weighted by Gasteiger charge is 2.36. The number of nitrogens with one attached hydrogen (secondary N) is 1. The number of alkyl halides is 6. The number of amides is 1. The van der Waals surface area contributed by atoms with Crippen LogP contribution >= 0.6 is 0 Å². The van der Waals surface area contributed by atoms with Crippen LogP contribution in [0.2, 0.25) is 0 Å². The second-order valence-corrected chi connectivity index (χ2v) is 12.6. The first kappa shape index (κ1) is 30.7. The average molecular weight is 629 g/mol. The molecule has 3 aromatic rings. The minimum absolute atomic E-state index is 0.0221. The van der Waals surface area contributed by atoms with Gasteiger partial charge in [0.05, 0.1) is 16.6 Å². The maximum atomic E-state index is 13.2. The Balaban J connectivity index is 0.000000235. The Kier molecular flexibility index (Phi) is 8.15.